The lowest BCUT2D eigenvalue weighted by molar-refractivity contribution is 0.0629. The average molecular weight is 400 g/mol. The average Bonchev–Trinajstić information content (AvgIpc) is 2.67. The van der Waals surface area contributed by atoms with Gasteiger partial charge in [-0.3, -0.25) is 14.4 Å². The number of aromatic hydroxyl groups is 1. The van der Waals surface area contributed by atoms with Gasteiger partial charge in [-0.25, -0.2) is 4.39 Å². The highest BCUT2D eigenvalue weighted by Crippen LogP contribution is 2.22. The smallest absolute Gasteiger partial charge is 0.279 e. The lowest BCUT2D eigenvalue weighted by Crippen LogP contribution is -2.34. The fraction of sp³-hybridized carbons (Fsp3) is 0.286. The van der Waals surface area contributed by atoms with Crippen molar-refractivity contribution in [2.45, 2.75) is 20.4 Å². The summed E-state index contributed by atoms with van der Waals surface area (Å²) in [7, 11) is 1.45. The standard InChI is InChI=1S/C21H21FN2O5/c1-21(2,12-29-3)19(27)15-11-23-8-9-24(10-13-4-6-14(22)7-5-13)20(28)16(23)18(26)17(15)25/h4-9,11,26H,10,12H2,1-3H3. The summed E-state index contributed by atoms with van der Waals surface area (Å²) < 4.78 is 20.7. The predicted molar refractivity (Wildman–Crippen MR) is 105 cm³/mol. The molecule has 0 amide bonds. The number of methoxy groups -OCH3 is 1. The Bertz CT molecular complexity index is 1190. The van der Waals surface area contributed by atoms with E-state index in [0.29, 0.717) is 5.56 Å². The van der Waals surface area contributed by atoms with Gasteiger partial charge in [-0.1, -0.05) is 26.0 Å². The van der Waals surface area contributed by atoms with Crippen LogP contribution in [0.1, 0.15) is 29.8 Å². The van der Waals surface area contributed by atoms with Crippen molar-refractivity contribution in [3.05, 3.63) is 80.4 Å². The predicted octanol–water partition coefficient (Wildman–Crippen LogP) is 2.21. The Labute approximate surface area is 165 Å². The molecule has 3 rings (SSSR count). The number of fused-ring (bicyclic) bond motifs is 1. The molecule has 0 atom stereocenters. The molecule has 0 saturated heterocycles. The second-order valence-electron chi connectivity index (χ2n) is 7.48. The van der Waals surface area contributed by atoms with Crippen LogP contribution in [0.15, 0.2) is 52.4 Å². The zero-order valence-electron chi connectivity index (χ0n) is 16.3. The molecule has 0 spiro atoms. The maximum absolute atomic E-state index is 13.1. The number of hydrogen-bond donors (Lipinski definition) is 1. The van der Waals surface area contributed by atoms with Gasteiger partial charge in [0, 0.05) is 25.7 Å². The summed E-state index contributed by atoms with van der Waals surface area (Å²) in [6.45, 7) is 3.48. The zero-order chi connectivity index (χ0) is 21.3. The highest BCUT2D eigenvalue weighted by molar-refractivity contribution is 6.00. The topological polar surface area (TPSA) is 90.0 Å². The van der Waals surface area contributed by atoms with Crippen molar-refractivity contribution < 1.29 is 19.0 Å². The van der Waals surface area contributed by atoms with E-state index in [-0.39, 0.29) is 24.2 Å². The van der Waals surface area contributed by atoms with Crippen LogP contribution in [0.25, 0.3) is 5.52 Å². The summed E-state index contributed by atoms with van der Waals surface area (Å²) in [4.78, 5) is 38.2. The molecule has 0 radical (unpaired) electrons. The van der Waals surface area contributed by atoms with E-state index in [0.717, 1.165) is 0 Å². The van der Waals surface area contributed by atoms with Crippen LogP contribution < -0.4 is 11.0 Å². The second kappa shape index (κ2) is 7.63. The highest BCUT2D eigenvalue weighted by atomic mass is 19.1. The molecule has 152 valence electrons. The highest BCUT2D eigenvalue weighted by Gasteiger charge is 2.32. The lowest BCUT2D eigenvalue weighted by atomic mass is 9.85. The Kier molecular flexibility index (Phi) is 5.39. The molecule has 29 heavy (non-hydrogen) atoms. The van der Waals surface area contributed by atoms with E-state index in [1.807, 2.05) is 0 Å². The quantitative estimate of drug-likeness (QED) is 0.641. The number of benzene rings is 1. The Morgan fingerprint density at radius 1 is 1.17 bits per heavy atom. The lowest BCUT2D eigenvalue weighted by Gasteiger charge is -2.22. The van der Waals surface area contributed by atoms with Gasteiger partial charge < -0.3 is 18.8 Å². The maximum Gasteiger partial charge on any atom is 0.279 e. The molecule has 1 aromatic carbocycles. The summed E-state index contributed by atoms with van der Waals surface area (Å²) in [5.41, 5.74) is -2.28. The van der Waals surface area contributed by atoms with Gasteiger partial charge in [-0.2, -0.15) is 0 Å². The molecule has 0 aliphatic heterocycles. The normalized spacial score (nSPS) is 11.7. The Morgan fingerprint density at radius 2 is 1.83 bits per heavy atom. The monoisotopic (exact) mass is 400 g/mol. The molecule has 2 heterocycles. The number of aromatic nitrogens is 2. The largest absolute Gasteiger partial charge is 0.503 e. The Hall–Kier alpha value is -3.26. The number of pyridine rings is 1. The fourth-order valence-corrected chi connectivity index (χ4v) is 3.17. The summed E-state index contributed by atoms with van der Waals surface area (Å²) in [5.74, 6) is -1.68. The molecular weight excluding hydrogens is 379 g/mol. The van der Waals surface area contributed by atoms with E-state index in [1.165, 1.54) is 58.9 Å². The Morgan fingerprint density at radius 3 is 2.45 bits per heavy atom. The summed E-state index contributed by atoms with van der Waals surface area (Å²) in [6, 6.07) is 5.64. The van der Waals surface area contributed by atoms with Crippen LogP contribution in [0.3, 0.4) is 0 Å². The number of hydrogen-bond acceptors (Lipinski definition) is 5. The zero-order valence-corrected chi connectivity index (χ0v) is 16.3. The van der Waals surface area contributed by atoms with Gasteiger partial charge in [0.2, 0.25) is 5.43 Å². The van der Waals surface area contributed by atoms with Crippen molar-refractivity contribution >= 4 is 11.3 Å². The van der Waals surface area contributed by atoms with Gasteiger partial charge in [-0.15, -0.1) is 0 Å². The van der Waals surface area contributed by atoms with E-state index in [9.17, 15) is 23.9 Å². The minimum atomic E-state index is -0.980. The van der Waals surface area contributed by atoms with Crippen molar-refractivity contribution in [2.75, 3.05) is 13.7 Å². The molecule has 0 bridgehead atoms. The van der Waals surface area contributed by atoms with Crippen LogP contribution in [0.5, 0.6) is 5.75 Å². The number of carbonyl (C=O) groups excluding carboxylic acids is 1. The van der Waals surface area contributed by atoms with Crippen LogP contribution in [0.4, 0.5) is 4.39 Å². The van der Waals surface area contributed by atoms with Crippen LogP contribution in [-0.4, -0.2) is 33.6 Å². The number of halogens is 1. The van der Waals surface area contributed by atoms with Crippen molar-refractivity contribution in [3.63, 3.8) is 0 Å². The van der Waals surface area contributed by atoms with Gasteiger partial charge >= 0.3 is 0 Å². The molecule has 8 heteroatoms. The molecule has 7 nitrogen and oxygen atoms in total. The van der Waals surface area contributed by atoms with Gasteiger partial charge in [0.25, 0.3) is 5.56 Å². The van der Waals surface area contributed by atoms with E-state index in [4.69, 9.17) is 4.74 Å². The van der Waals surface area contributed by atoms with Crippen molar-refractivity contribution in [1.82, 2.24) is 8.97 Å². The molecule has 2 aromatic heterocycles. The minimum absolute atomic E-state index is 0.0913. The van der Waals surface area contributed by atoms with Gasteiger partial charge in [-0.05, 0) is 17.7 Å². The van der Waals surface area contributed by atoms with Crippen molar-refractivity contribution in [1.29, 1.82) is 0 Å². The first-order valence-electron chi connectivity index (χ1n) is 8.91. The molecule has 0 fully saturated rings. The first kappa shape index (κ1) is 20.5. The number of Topliss-reactive ketones (excluding diaryl/α,β-unsaturated/α-hetero) is 1. The van der Waals surface area contributed by atoms with Gasteiger partial charge in [0.1, 0.15) is 5.82 Å². The van der Waals surface area contributed by atoms with Crippen LogP contribution >= 0.6 is 0 Å². The van der Waals surface area contributed by atoms with E-state index in [2.05, 4.69) is 0 Å². The van der Waals surface area contributed by atoms with Crippen LogP contribution in [0, 0.1) is 11.2 Å². The molecule has 0 saturated carbocycles. The summed E-state index contributed by atoms with van der Waals surface area (Å²) in [6.07, 6.45) is 4.19. The molecule has 0 aliphatic rings. The number of ketones is 1. The molecule has 3 aromatic rings. The SMILES string of the molecule is COCC(C)(C)C(=O)c1cn2ccn(Cc3ccc(F)cc3)c(=O)c2c(O)c1=O. The Balaban J connectivity index is 2.11. The molecule has 0 unspecified atom stereocenters. The summed E-state index contributed by atoms with van der Waals surface area (Å²) in [5, 5.41) is 10.4. The van der Waals surface area contributed by atoms with E-state index < -0.39 is 33.8 Å². The van der Waals surface area contributed by atoms with Crippen LogP contribution in [-0.2, 0) is 11.3 Å². The third kappa shape index (κ3) is 3.84. The second-order valence-corrected chi connectivity index (χ2v) is 7.48. The fourth-order valence-electron chi connectivity index (χ4n) is 3.17. The third-order valence-corrected chi connectivity index (χ3v) is 4.71. The molecular formula is C21H21FN2O5. The van der Waals surface area contributed by atoms with Crippen molar-refractivity contribution in [3.8, 4) is 5.75 Å². The van der Waals surface area contributed by atoms with Gasteiger partial charge in [0.05, 0.1) is 24.1 Å². The number of ether oxygens (including phenoxy) is 1. The number of rotatable bonds is 6. The van der Waals surface area contributed by atoms with Crippen LogP contribution in [0.2, 0.25) is 0 Å². The van der Waals surface area contributed by atoms with Crippen molar-refractivity contribution in [2.24, 2.45) is 5.41 Å². The maximum atomic E-state index is 13.1. The van der Waals surface area contributed by atoms with E-state index in [1.54, 1.807) is 13.8 Å². The minimum Gasteiger partial charge on any atom is -0.503 e. The molecule has 1 N–H and O–H groups in total. The molecule has 0 aliphatic carbocycles. The van der Waals surface area contributed by atoms with Gasteiger partial charge in [0.15, 0.2) is 17.0 Å². The number of nitrogens with zero attached hydrogens (tertiary/aromatic N) is 2. The number of carbonyl (C=O) groups is 1. The first-order valence-corrected chi connectivity index (χ1v) is 8.91. The first-order chi connectivity index (χ1) is 13.7. The summed E-state index contributed by atoms with van der Waals surface area (Å²) >= 11 is 0. The van der Waals surface area contributed by atoms with E-state index >= 15 is 0 Å². The third-order valence-electron chi connectivity index (χ3n) is 4.71.